The summed E-state index contributed by atoms with van der Waals surface area (Å²) in [5.41, 5.74) is 1.40. The molecule has 9 nitrogen and oxygen atoms in total. The van der Waals surface area contributed by atoms with Crippen molar-refractivity contribution in [2.75, 3.05) is 59.2 Å². The van der Waals surface area contributed by atoms with Gasteiger partial charge in [-0.25, -0.2) is 12.8 Å². The molecule has 3 fully saturated rings. The van der Waals surface area contributed by atoms with E-state index in [1.807, 2.05) is 4.68 Å². The topological polar surface area (TPSA) is 94.0 Å². The summed E-state index contributed by atoms with van der Waals surface area (Å²) in [4.78, 5) is 17.3. The van der Waals surface area contributed by atoms with E-state index in [1.165, 1.54) is 12.1 Å². The lowest BCUT2D eigenvalue weighted by molar-refractivity contribution is 0.0297. The fourth-order valence-electron chi connectivity index (χ4n) is 6.01. The number of hydrogen-bond donors (Lipinski definition) is 0. The zero-order valence-corrected chi connectivity index (χ0v) is 21.0. The molecule has 1 aromatic heterocycles. The first-order valence-corrected chi connectivity index (χ1v) is 14.4. The molecule has 2 aromatic rings. The molecule has 5 heterocycles. The van der Waals surface area contributed by atoms with Crippen molar-refractivity contribution < 1.29 is 27.1 Å². The van der Waals surface area contributed by atoms with Gasteiger partial charge in [-0.2, -0.15) is 5.10 Å². The maximum absolute atomic E-state index is 14.9. The fourth-order valence-corrected chi connectivity index (χ4v) is 7.67. The molecule has 0 saturated carbocycles. The molecule has 0 radical (unpaired) electrons. The third kappa shape index (κ3) is 4.25. The Hall–Kier alpha value is -2.34. The first-order valence-electron chi connectivity index (χ1n) is 12.7. The second-order valence-corrected chi connectivity index (χ2v) is 12.1. The van der Waals surface area contributed by atoms with Crippen molar-refractivity contribution >= 4 is 15.7 Å². The van der Waals surface area contributed by atoms with Crippen LogP contribution in [0, 0.1) is 11.7 Å². The Balaban J connectivity index is 1.43. The first-order chi connectivity index (χ1) is 17.4. The van der Waals surface area contributed by atoms with Crippen molar-refractivity contribution in [2.24, 2.45) is 5.92 Å². The molecular formula is C25H31FN4O5S. The molecule has 6 rings (SSSR count). The maximum Gasteiger partial charge on any atom is 0.274 e. The van der Waals surface area contributed by atoms with E-state index in [-0.39, 0.29) is 22.5 Å². The molecule has 4 aliphatic heterocycles. The molecule has 3 saturated heterocycles. The van der Waals surface area contributed by atoms with Crippen LogP contribution < -0.4 is 0 Å². The number of likely N-dealkylation sites (tertiary alicyclic amines) is 1. The summed E-state index contributed by atoms with van der Waals surface area (Å²) in [5, 5.41) is 4.80. The molecule has 11 heteroatoms. The molecule has 0 aliphatic carbocycles. The van der Waals surface area contributed by atoms with Crippen molar-refractivity contribution in [1.82, 2.24) is 19.6 Å². The Morgan fingerprint density at radius 2 is 1.94 bits per heavy atom. The van der Waals surface area contributed by atoms with Crippen LogP contribution in [0.4, 0.5) is 4.39 Å². The molecule has 0 N–H and O–H groups in total. The largest absolute Gasteiger partial charge is 0.381 e. The highest BCUT2D eigenvalue weighted by Gasteiger charge is 2.40. The molecule has 0 spiro atoms. The van der Waals surface area contributed by atoms with Crippen LogP contribution in [0.15, 0.2) is 23.1 Å². The van der Waals surface area contributed by atoms with E-state index in [4.69, 9.17) is 14.6 Å². The number of carbonyl (C=O) groups is 1. The number of rotatable bonds is 4. The van der Waals surface area contributed by atoms with E-state index >= 15 is 0 Å². The highest BCUT2D eigenvalue weighted by Crippen LogP contribution is 2.43. The van der Waals surface area contributed by atoms with Gasteiger partial charge in [-0.15, -0.1) is 0 Å². The first kappa shape index (κ1) is 24.0. The third-order valence-electron chi connectivity index (χ3n) is 7.74. The monoisotopic (exact) mass is 518 g/mol. The number of halogens is 1. The van der Waals surface area contributed by atoms with Crippen LogP contribution in [0.1, 0.15) is 41.4 Å². The number of aromatic nitrogens is 2. The van der Waals surface area contributed by atoms with Crippen LogP contribution >= 0.6 is 0 Å². The van der Waals surface area contributed by atoms with Gasteiger partial charge in [-0.05, 0) is 37.8 Å². The Bertz CT molecular complexity index is 1270. The summed E-state index contributed by atoms with van der Waals surface area (Å²) in [5.74, 6) is -0.983. The van der Waals surface area contributed by atoms with Crippen LogP contribution in [0.2, 0.25) is 0 Å². The minimum atomic E-state index is -3.96. The highest BCUT2D eigenvalue weighted by atomic mass is 32.2. The Morgan fingerprint density at radius 3 is 2.72 bits per heavy atom. The predicted octanol–water partition coefficient (Wildman–Crippen LogP) is 2.12. The molecule has 36 heavy (non-hydrogen) atoms. The number of nitrogens with zero attached hydrogens (tertiary/aromatic N) is 4. The molecule has 4 aliphatic rings. The molecular weight excluding hydrogens is 487 g/mol. The third-order valence-corrected chi connectivity index (χ3v) is 9.45. The van der Waals surface area contributed by atoms with Gasteiger partial charge in [0.25, 0.3) is 5.91 Å². The summed E-state index contributed by atoms with van der Waals surface area (Å²) < 4.78 is 54.0. The fraction of sp³-hybridized carbons (Fsp3) is 0.600. The van der Waals surface area contributed by atoms with Crippen LogP contribution in [0.5, 0.6) is 0 Å². The van der Waals surface area contributed by atoms with Crippen molar-refractivity contribution in [3.05, 3.63) is 35.3 Å². The van der Waals surface area contributed by atoms with E-state index < -0.39 is 21.4 Å². The second-order valence-electron chi connectivity index (χ2n) is 10.2. The highest BCUT2D eigenvalue weighted by molar-refractivity contribution is 7.91. The van der Waals surface area contributed by atoms with Gasteiger partial charge < -0.3 is 19.3 Å². The number of sulfone groups is 1. The number of morpholine rings is 1. The molecule has 194 valence electrons. The smallest absolute Gasteiger partial charge is 0.274 e. The summed E-state index contributed by atoms with van der Waals surface area (Å²) in [6.07, 6.45) is 2.88. The summed E-state index contributed by atoms with van der Waals surface area (Å²) in [7, 11) is -3.96. The molecule has 0 bridgehead atoms. The van der Waals surface area contributed by atoms with Crippen LogP contribution in [0.25, 0.3) is 11.3 Å². The Labute approximate surface area is 210 Å². The lowest BCUT2D eigenvalue weighted by Crippen LogP contribution is -2.41. The Kier molecular flexibility index (Phi) is 6.35. The molecule has 1 amide bonds. The number of fused-ring (bicyclic) bond motifs is 3. The van der Waals surface area contributed by atoms with Gasteiger partial charge >= 0.3 is 0 Å². The SMILES string of the molecule is O=C(c1nn(C2CCCN(CC3CCOC3)C2)c2c1CS(=O)(=O)c1c(F)cccc1-2)N1CCOCC1. The predicted molar refractivity (Wildman–Crippen MR) is 129 cm³/mol. The quantitative estimate of drug-likeness (QED) is 0.612. The van der Waals surface area contributed by atoms with Crippen LogP contribution in [0.3, 0.4) is 0 Å². The Morgan fingerprint density at radius 1 is 1.11 bits per heavy atom. The van der Waals surface area contributed by atoms with Crippen LogP contribution in [-0.2, 0) is 25.1 Å². The van der Waals surface area contributed by atoms with Crippen molar-refractivity contribution in [3.8, 4) is 11.3 Å². The summed E-state index contributed by atoms with van der Waals surface area (Å²) >= 11 is 0. The van der Waals surface area contributed by atoms with Gasteiger partial charge in [0.2, 0.25) is 0 Å². The lowest BCUT2D eigenvalue weighted by atomic mass is 10.0. The number of benzene rings is 1. The average molecular weight is 519 g/mol. The van der Waals surface area contributed by atoms with Gasteiger partial charge in [-0.1, -0.05) is 12.1 Å². The van der Waals surface area contributed by atoms with Crippen LogP contribution in [-0.4, -0.2) is 93.1 Å². The zero-order valence-electron chi connectivity index (χ0n) is 20.2. The van der Waals surface area contributed by atoms with E-state index in [0.29, 0.717) is 49.0 Å². The van der Waals surface area contributed by atoms with Gasteiger partial charge in [0.1, 0.15) is 10.7 Å². The van der Waals surface area contributed by atoms with E-state index in [9.17, 15) is 17.6 Å². The average Bonchev–Trinajstić information content (AvgIpc) is 3.52. The molecule has 2 unspecified atom stereocenters. The standard InChI is InChI=1S/C25H31FN4O5S/c26-21-5-1-4-19-23-20(16-36(32,33)24(19)21)22(25(31)29-8-11-34-12-9-29)27-30(23)18-3-2-7-28(14-18)13-17-6-10-35-15-17/h1,4-5,17-18H,2-3,6-16H2. The van der Waals surface area contributed by atoms with E-state index in [0.717, 1.165) is 52.1 Å². The van der Waals surface area contributed by atoms with Gasteiger partial charge in [-0.3, -0.25) is 9.48 Å². The van der Waals surface area contributed by atoms with E-state index in [2.05, 4.69) is 4.90 Å². The number of amides is 1. The second kappa shape index (κ2) is 9.51. The zero-order chi connectivity index (χ0) is 24.9. The van der Waals surface area contributed by atoms with Gasteiger partial charge in [0.05, 0.1) is 37.3 Å². The minimum Gasteiger partial charge on any atom is -0.381 e. The van der Waals surface area contributed by atoms with Gasteiger partial charge in [0.15, 0.2) is 15.5 Å². The summed E-state index contributed by atoms with van der Waals surface area (Å²) in [6, 6.07) is 4.28. The maximum atomic E-state index is 14.9. The number of carbonyl (C=O) groups excluding carboxylic acids is 1. The molecule has 1 aromatic carbocycles. The van der Waals surface area contributed by atoms with Crippen molar-refractivity contribution in [2.45, 2.75) is 36.0 Å². The minimum absolute atomic E-state index is 0.0435. The lowest BCUT2D eigenvalue weighted by Gasteiger charge is -2.35. The molecule has 2 atom stereocenters. The number of hydrogen-bond acceptors (Lipinski definition) is 7. The van der Waals surface area contributed by atoms with Crippen molar-refractivity contribution in [3.63, 3.8) is 0 Å². The summed E-state index contributed by atoms with van der Waals surface area (Å²) in [6.45, 7) is 5.98. The van der Waals surface area contributed by atoms with Gasteiger partial charge in [0, 0.05) is 43.9 Å². The normalized spacial score (nSPS) is 26.0. The van der Waals surface area contributed by atoms with E-state index in [1.54, 1.807) is 11.0 Å². The van der Waals surface area contributed by atoms with Crippen molar-refractivity contribution in [1.29, 1.82) is 0 Å². The number of ether oxygens (including phenoxy) is 2. The number of piperidine rings is 1.